The van der Waals surface area contributed by atoms with Crippen LogP contribution in [-0.4, -0.2) is 41.6 Å². The Morgan fingerprint density at radius 2 is 2.05 bits per heavy atom. The van der Waals surface area contributed by atoms with Crippen LogP contribution in [0.5, 0.6) is 0 Å². The predicted molar refractivity (Wildman–Crippen MR) is 76.5 cm³/mol. The Morgan fingerprint density at radius 3 is 2.65 bits per heavy atom. The molecule has 0 aromatic rings. The number of rotatable bonds is 5. The van der Waals surface area contributed by atoms with Crippen LogP contribution < -0.4 is 5.32 Å². The van der Waals surface area contributed by atoms with E-state index in [0.717, 1.165) is 25.9 Å². The topological polar surface area (TPSA) is 69.6 Å². The Bertz CT molecular complexity index is 355. The zero-order chi connectivity index (χ0) is 14.5. The highest BCUT2D eigenvalue weighted by molar-refractivity contribution is 5.74. The van der Waals surface area contributed by atoms with Gasteiger partial charge < -0.3 is 15.3 Å². The Labute approximate surface area is 120 Å². The van der Waals surface area contributed by atoms with Gasteiger partial charge in [0.2, 0.25) is 0 Å². The molecular formula is C15H26N2O3. The summed E-state index contributed by atoms with van der Waals surface area (Å²) in [6.45, 7) is 4.27. The number of carbonyl (C=O) groups excluding carboxylic acids is 1. The number of hydrogen-bond acceptors (Lipinski definition) is 2. The zero-order valence-corrected chi connectivity index (χ0v) is 12.3. The third-order valence-corrected chi connectivity index (χ3v) is 4.81. The third-order valence-electron chi connectivity index (χ3n) is 4.81. The summed E-state index contributed by atoms with van der Waals surface area (Å²) in [6.07, 6.45) is 5.96. The van der Waals surface area contributed by atoms with Gasteiger partial charge >= 0.3 is 12.0 Å². The molecule has 5 nitrogen and oxygen atoms in total. The summed E-state index contributed by atoms with van der Waals surface area (Å²) in [7, 11) is 0. The molecule has 114 valence electrons. The summed E-state index contributed by atoms with van der Waals surface area (Å²) in [4.78, 5) is 24.8. The maximum atomic E-state index is 12.1. The Morgan fingerprint density at radius 1 is 1.30 bits per heavy atom. The minimum atomic E-state index is -0.746. The Hall–Kier alpha value is -1.26. The van der Waals surface area contributed by atoms with Gasteiger partial charge in [-0.3, -0.25) is 4.79 Å². The molecule has 0 aromatic carbocycles. The second-order valence-corrected chi connectivity index (χ2v) is 6.41. The van der Waals surface area contributed by atoms with Crippen molar-refractivity contribution in [2.24, 2.45) is 17.8 Å². The second-order valence-electron chi connectivity index (χ2n) is 6.41. The molecule has 1 aliphatic carbocycles. The van der Waals surface area contributed by atoms with Gasteiger partial charge in [-0.05, 0) is 43.4 Å². The molecule has 0 radical (unpaired) electrons. The summed E-state index contributed by atoms with van der Waals surface area (Å²) in [5.74, 6) is 0.374. The van der Waals surface area contributed by atoms with Crippen molar-refractivity contribution >= 4 is 12.0 Å². The van der Waals surface area contributed by atoms with Crippen molar-refractivity contribution in [1.82, 2.24) is 10.2 Å². The largest absolute Gasteiger partial charge is 0.481 e. The molecule has 1 heterocycles. The molecule has 2 atom stereocenters. The van der Waals surface area contributed by atoms with E-state index in [1.54, 1.807) is 0 Å². The number of nitrogens with zero attached hydrogens (tertiary/aromatic N) is 1. The summed E-state index contributed by atoms with van der Waals surface area (Å²) in [5, 5.41) is 11.9. The van der Waals surface area contributed by atoms with Gasteiger partial charge in [0.25, 0.3) is 0 Å². The van der Waals surface area contributed by atoms with Crippen molar-refractivity contribution in [2.75, 3.05) is 19.6 Å². The number of carbonyl (C=O) groups is 2. The molecule has 0 bridgehead atoms. The average molecular weight is 282 g/mol. The SMILES string of the molecule is CC(CC(=O)O)C1CCCN(C(=O)NCC2CCC2)C1. The summed E-state index contributed by atoms with van der Waals surface area (Å²) >= 11 is 0. The van der Waals surface area contributed by atoms with Gasteiger partial charge in [-0.15, -0.1) is 0 Å². The molecule has 2 unspecified atom stereocenters. The lowest BCUT2D eigenvalue weighted by Gasteiger charge is -2.36. The molecule has 2 amide bonds. The van der Waals surface area contributed by atoms with Crippen LogP contribution in [0.4, 0.5) is 4.79 Å². The molecule has 2 aliphatic rings. The highest BCUT2D eigenvalue weighted by atomic mass is 16.4. The first-order valence-corrected chi connectivity index (χ1v) is 7.81. The van der Waals surface area contributed by atoms with Gasteiger partial charge in [-0.2, -0.15) is 0 Å². The minimum Gasteiger partial charge on any atom is -0.481 e. The van der Waals surface area contributed by atoms with Crippen molar-refractivity contribution in [3.05, 3.63) is 0 Å². The van der Waals surface area contributed by atoms with E-state index in [0.29, 0.717) is 18.4 Å². The Kier molecular flexibility index (Phi) is 5.26. The number of amides is 2. The van der Waals surface area contributed by atoms with E-state index in [1.807, 2.05) is 11.8 Å². The van der Waals surface area contributed by atoms with Gasteiger partial charge in [-0.25, -0.2) is 4.79 Å². The number of likely N-dealkylation sites (tertiary alicyclic amines) is 1. The number of urea groups is 1. The lowest BCUT2D eigenvalue weighted by atomic mass is 9.84. The molecule has 1 saturated heterocycles. The molecule has 2 N–H and O–H groups in total. The lowest BCUT2D eigenvalue weighted by molar-refractivity contribution is -0.138. The van der Waals surface area contributed by atoms with Crippen molar-refractivity contribution in [2.45, 2.75) is 45.4 Å². The normalized spacial score (nSPS) is 24.9. The maximum absolute atomic E-state index is 12.1. The van der Waals surface area contributed by atoms with Crippen LogP contribution in [0, 0.1) is 17.8 Å². The fourth-order valence-electron chi connectivity index (χ4n) is 3.14. The van der Waals surface area contributed by atoms with Gasteiger partial charge in [0.05, 0.1) is 0 Å². The molecule has 20 heavy (non-hydrogen) atoms. The predicted octanol–water partition coefficient (Wildman–Crippen LogP) is 2.32. The van der Waals surface area contributed by atoms with Gasteiger partial charge in [0.15, 0.2) is 0 Å². The number of hydrogen-bond donors (Lipinski definition) is 2. The average Bonchev–Trinajstić information content (AvgIpc) is 2.36. The molecule has 1 saturated carbocycles. The minimum absolute atomic E-state index is 0.0316. The monoisotopic (exact) mass is 282 g/mol. The highest BCUT2D eigenvalue weighted by Crippen LogP contribution is 2.27. The summed E-state index contributed by atoms with van der Waals surface area (Å²) in [5.41, 5.74) is 0. The zero-order valence-electron chi connectivity index (χ0n) is 12.3. The highest BCUT2D eigenvalue weighted by Gasteiger charge is 2.28. The molecule has 0 spiro atoms. The van der Waals surface area contributed by atoms with Crippen molar-refractivity contribution in [3.8, 4) is 0 Å². The smallest absolute Gasteiger partial charge is 0.317 e. The maximum Gasteiger partial charge on any atom is 0.317 e. The molecule has 1 aliphatic heterocycles. The molecule has 2 fully saturated rings. The fourth-order valence-corrected chi connectivity index (χ4v) is 3.14. The number of nitrogens with one attached hydrogen (secondary N) is 1. The number of aliphatic carboxylic acids is 1. The number of carboxylic acid groups (broad SMARTS) is 1. The summed E-state index contributed by atoms with van der Waals surface area (Å²) in [6, 6.07) is 0.0316. The standard InChI is InChI=1S/C15H26N2O3/c1-11(8-14(18)19)13-6-3-7-17(10-13)15(20)16-9-12-4-2-5-12/h11-13H,2-10H2,1H3,(H,16,20)(H,18,19). The van der Waals surface area contributed by atoms with Crippen LogP contribution in [0.1, 0.15) is 45.4 Å². The van der Waals surface area contributed by atoms with Crippen LogP contribution in [-0.2, 0) is 4.79 Å². The first kappa shape index (κ1) is 15.1. The van der Waals surface area contributed by atoms with Gasteiger partial charge in [0.1, 0.15) is 0 Å². The molecular weight excluding hydrogens is 256 g/mol. The van der Waals surface area contributed by atoms with Crippen molar-refractivity contribution < 1.29 is 14.7 Å². The van der Waals surface area contributed by atoms with Crippen LogP contribution >= 0.6 is 0 Å². The fraction of sp³-hybridized carbons (Fsp3) is 0.867. The molecule has 0 aromatic heterocycles. The van der Waals surface area contributed by atoms with E-state index in [4.69, 9.17) is 5.11 Å². The van der Waals surface area contributed by atoms with Gasteiger partial charge in [0, 0.05) is 26.1 Å². The van der Waals surface area contributed by atoms with E-state index < -0.39 is 5.97 Å². The molecule has 5 heteroatoms. The first-order chi connectivity index (χ1) is 9.56. The van der Waals surface area contributed by atoms with E-state index in [9.17, 15) is 9.59 Å². The van der Waals surface area contributed by atoms with E-state index in [1.165, 1.54) is 19.3 Å². The second kappa shape index (κ2) is 6.95. The third kappa shape index (κ3) is 4.12. The van der Waals surface area contributed by atoms with E-state index >= 15 is 0 Å². The van der Waals surface area contributed by atoms with E-state index in [2.05, 4.69) is 5.32 Å². The summed E-state index contributed by atoms with van der Waals surface area (Å²) < 4.78 is 0. The first-order valence-electron chi connectivity index (χ1n) is 7.81. The van der Waals surface area contributed by atoms with Crippen molar-refractivity contribution in [3.63, 3.8) is 0 Å². The Balaban J connectivity index is 1.76. The van der Waals surface area contributed by atoms with E-state index in [-0.39, 0.29) is 18.4 Å². The molecule has 2 rings (SSSR count). The number of piperidine rings is 1. The van der Waals surface area contributed by atoms with Crippen molar-refractivity contribution in [1.29, 1.82) is 0 Å². The van der Waals surface area contributed by atoms with Crippen LogP contribution in [0.15, 0.2) is 0 Å². The number of carboxylic acids is 1. The van der Waals surface area contributed by atoms with Gasteiger partial charge in [-0.1, -0.05) is 13.3 Å². The quantitative estimate of drug-likeness (QED) is 0.813. The van der Waals surface area contributed by atoms with Crippen LogP contribution in [0.3, 0.4) is 0 Å². The lowest BCUT2D eigenvalue weighted by Crippen LogP contribution is -2.48. The van der Waals surface area contributed by atoms with Crippen LogP contribution in [0.25, 0.3) is 0 Å². The van der Waals surface area contributed by atoms with Crippen LogP contribution in [0.2, 0.25) is 0 Å².